The Morgan fingerprint density at radius 2 is 2.15 bits per heavy atom. The fraction of sp³-hybridized carbons (Fsp3) is 0.316. The van der Waals surface area contributed by atoms with Crippen molar-refractivity contribution < 1.29 is 9.84 Å². The van der Waals surface area contributed by atoms with E-state index in [-0.39, 0.29) is 18.7 Å². The smallest absolute Gasteiger partial charge is 0.262 e. The molecule has 1 aliphatic rings. The lowest BCUT2D eigenvalue weighted by Gasteiger charge is -2.14. The predicted molar refractivity (Wildman–Crippen MR) is 98.6 cm³/mol. The number of nitriles is 1. The van der Waals surface area contributed by atoms with Crippen LogP contribution in [0.2, 0.25) is 0 Å². The third kappa shape index (κ3) is 3.09. The Balaban J connectivity index is 1.47. The number of aliphatic hydroxyl groups is 1. The molecule has 0 amide bonds. The summed E-state index contributed by atoms with van der Waals surface area (Å²) in [7, 11) is 0. The summed E-state index contributed by atoms with van der Waals surface area (Å²) in [6.07, 6.45) is 3.71. The first-order chi connectivity index (χ1) is 12.7. The van der Waals surface area contributed by atoms with Crippen molar-refractivity contribution in [3.05, 3.63) is 57.0 Å². The minimum atomic E-state index is -0.839. The number of aliphatic hydroxyl groups excluding tert-OH is 1. The van der Waals surface area contributed by atoms with Crippen molar-refractivity contribution in [3.63, 3.8) is 0 Å². The molecule has 0 aliphatic heterocycles. The second-order valence-corrected chi connectivity index (χ2v) is 7.42. The molecule has 0 fully saturated rings. The topological polar surface area (TPSA) is 88.1 Å². The molecule has 0 bridgehead atoms. The highest BCUT2D eigenvalue weighted by Gasteiger charge is 2.21. The highest BCUT2D eigenvalue weighted by Crippen LogP contribution is 2.34. The molecule has 2 aromatic heterocycles. The van der Waals surface area contributed by atoms with Crippen LogP contribution in [0.1, 0.15) is 22.4 Å². The predicted octanol–water partition coefficient (Wildman–Crippen LogP) is 2.26. The summed E-state index contributed by atoms with van der Waals surface area (Å²) in [5.74, 6) is 0.569. The van der Waals surface area contributed by atoms with E-state index in [4.69, 9.17) is 10.00 Å². The van der Waals surface area contributed by atoms with Crippen molar-refractivity contribution in [2.24, 2.45) is 0 Å². The maximum absolute atomic E-state index is 12.8. The maximum atomic E-state index is 12.8. The molecular formula is C19H17N3O3S. The van der Waals surface area contributed by atoms with E-state index >= 15 is 0 Å². The Bertz CT molecular complexity index is 1050. The van der Waals surface area contributed by atoms with Gasteiger partial charge in [0.1, 0.15) is 23.3 Å². The van der Waals surface area contributed by atoms with Crippen LogP contribution in [0.15, 0.2) is 35.4 Å². The summed E-state index contributed by atoms with van der Waals surface area (Å²) in [4.78, 5) is 19.2. The number of aryl methyl sites for hydroxylation is 2. The van der Waals surface area contributed by atoms with E-state index in [0.717, 1.165) is 29.7 Å². The summed E-state index contributed by atoms with van der Waals surface area (Å²) in [6.45, 7) is 0.181. The first-order valence-electron chi connectivity index (χ1n) is 8.46. The number of benzene rings is 1. The molecule has 1 aliphatic carbocycles. The number of rotatable bonds is 5. The van der Waals surface area contributed by atoms with Gasteiger partial charge < -0.3 is 9.84 Å². The van der Waals surface area contributed by atoms with Gasteiger partial charge in [-0.3, -0.25) is 9.36 Å². The van der Waals surface area contributed by atoms with Crippen LogP contribution in [0.25, 0.3) is 10.2 Å². The molecule has 0 spiro atoms. The highest BCUT2D eigenvalue weighted by atomic mass is 32.1. The highest BCUT2D eigenvalue weighted by molar-refractivity contribution is 7.18. The second-order valence-electron chi connectivity index (χ2n) is 6.34. The van der Waals surface area contributed by atoms with Crippen molar-refractivity contribution >= 4 is 21.6 Å². The maximum Gasteiger partial charge on any atom is 0.262 e. The summed E-state index contributed by atoms with van der Waals surface area (Å²) < 4.78 is 6.99. The first-order valence-corrected chi connectivity index (χ1v) is 9.28. The van der Waals surface area contributed by atoms with Crippen molar-refractivity contribution in [3.8, 4) is 11.8 Å². The molecule has 0 radical (unpaired) electrons. The number of hydrogen-bond acceptors (Lipinski definition) is 6. The van der Waals surface area contributed by atoms with Crippen LogP contribution < -0.4 is 10.3 Å². The van der Waals surface area contributed by atoms with Crippen LogP contribution in [0, 0.1) is 11.3 Å². The van der Waals surface area contributed by atoms with Gasteiger partial charge in [0.15, 0.2) is 0 Å². The molecular weight excluding hydrogens is 350 g/mol. The van der Waals surface area contributed by atoms with Gasteiger partial charge in [-0.25, -0.2) is 4.98 Å². The Hall–Kier alpha value is -2.69. The molecule has 4 rings (SSSR count). The molecule has 26 heavy (non-hydrogen) atoms. The third-order valence-electron chi connectivity index (χ3n) is 4.53. The molecule has 1 atom stereocenters. The van der Waals surface area contributed by atoms with Gasteiger partial charge in [0, 0.05) is 4.88 Å². The van der Waals surface area contributed by atoms with Gasteiger partial charge in [-0.1, -0.05) is 0 Å². The summed E-state index contributed by atoms with van der Waals surface area (Å²) in [5.41, 5.74) is 1.60. The number of aromatic nitrogens is 2. The van der Waals surface area contributed by atoms with Gasteiger partial charge in [-0.05, 0) is 49.1 Å². The lowest BCUT2D eigenvalue weighted by Crippen LogP contribution is -2.30. The summed E-state index contributed by atoms with van der Waals surface area (Å²) in [6, 6.07) is 8.71. The van der Waals surface area contributed by atoms with Gasteiger partial charge >= 0.3 is 0 Å². The van der Waals surface area contributed by atoms with Gasteiger partial charge in [0.2, 0.25) is 0 Å². The average molecular weight is 367 g/mol. The lowest BCUT2D eigenvalue weighted by atomic mass is 10.2. The number of hydrogen-bond donors (Lipinski definition) is 1. The first kappa shape index (κ1) is 16.8. The Morgan fingerprint density at radius 1 is 1.35 bits per heavy atom. The van der Waals surface area contributed by atoms with Gasteiger partial charge in [-0.15, -0.1) is 11.3 Å². The molecule has 0 saturated heterocycles. The second kappa shape index (κ2) is 6.90. The van der Waals surface area contributed by atoms with E-state index in [0.29, 0.717) is 16.7 Å². The van der Waals surface area contributed by atoms with Crippen LogP contribution in [0.3, 0.4) is 0 Å². The Morgan fingerprint density at radius 3 is 2.92 bits per heavy atom. The van der Waals surface area contributed by atoms with E-state index in [9.17, 15) is 9.90 Å². The molecule has 1 N–H and O–H groups in total. The monoisotopic (exact) mass is 367 g/mol. The van der Waals surface area contributed by atoms with E-state index in [1.165, 1.54) is 15.8 Å². The van der Waals surface area contributed by atoms with Crippen LogP contribution in [0.5, 0.6) is 5.75 Å². The standard InChI is InChI=1S/C19H17N3O3S/c20-8-12-4-6-14(7-5-12)25-10-13(23)9-22-11-21-18-17(19(22)24)15-2-1-3-16(15)26-18/h4-7,11,13,23H,1-3,9-10H2/t13-/m0/s1. The molecule has 0 unspecified atom stereocenters. The van der Waals surface area contributed by atoms with Crippen molar-refractivity contribution in [2.45, 2.75) is 31.9 Å². The van der Waals surface area contributed by atoms with Gasteiger partial charge in [-0.2, -0.15) is 5.26 Å². The number of nitrogens with zero attached hydrogens (tertiary/aromatic N) is 3. The zero-order valence-corrected chi connectivity index (χ0v) is 14.8. The zero-order chi connectivity index (χ0) is 18.1. The Kier molecular flexibility index (Phi) is 4.45. The minimum absolute atomic E-state index is 0.0537. The third-order valence-corrected chi connectivity index (χ3v) is 5.72. The average Bonchev–Trinajstić information content (AvgIpc) is 3.24. The molecule has 132 valence electrons. The molecule has 0 saturated carbocycles. The SMILES string of the molecule is N#Cc1ccc(OC[C@@H](O)Cn2cnc3sc4c(c3c2=O)CCC4)cc1. The van der Waals surface area contributed by atoms with Crippen LogP contribution >= 0.6 is 11.3 Å². The van der Waals surface area contributed by atoms with Crippen LogP contribution in [-0.4, -0.2) is 27.4 Å². The fourth-order valence-electron chi connectivity index (χ4n) is 3.25. The lowest BCUT2D eigenvalue weighted by molar-refractivity contribution is 0.0915. The number of thiophene rings is 1. The minimum Gasteiger partial charge on any atom is -0.491 e. The molecule has 6 nitrogen and oxygen atoms in total. The van der Waals surface area contributed by atoms with Crippen molar-refractivity contribution in [1.82, 2.24) is 9.55 Å². The normalized spacial score (nSPS) is 14.2. The van der Waals surface area contributed by atoms with Crippen LogP contribution in [-0.2, 0) is 19.4 Å². The van der Waals surface area contributed by atoms with Gasteiger partial charge in [0.05, 0.1) is 29.9 Å². The van der Waals surface area contributed by atoms with Crippen molar-refractivity contribution in [1.29, 1.82) is 5.26 Å². The van der Waals surface area contributed by atoms with Crippen LogP contribution in [0.4, 0.5) is 0 Å². The van der Waals surface area contributed by atoms with Gasteiger partial charge in [0.25, 0.3) is 5.56 Å². The molecule has 2 heterocycles. The van der Waals surface area contributed by atoms with E-state index in [1.54, 1.807) is 35.6 Å². The van der Waals surface area contributed by atoms with Crippen molar-refractivity contribution in [2.75, 3.05) is 6.61 Å². The van der Waals surface area contributed by atoms with E-state index in [1.807, 2.05) is 6.07 Å². The molecule has 1 aromatic carbocycles. The zero-order valence-electron chi connectivity index (χ0n) is 14.0. The molecule has 7 heteroatoms. The Labute approximate surface area is 153 Å². The molecule has 3 aromatic rings. The van der Waals surface area contributed by atoms with E-state index < -0.39 is 6.10 Å². The van der Waals surface area contributed by atoms with E-state index in [2.05, 4.69) is 4.98 Å². The summed E-state index contributed by atoms with van der Waals surface area (Å²) in [5, 5.41) is 19.7. The largest absolute Gasteiger partial charge is 0.491 e. The number of fused-ring (bicyclic) bond motifs is 3. The number of ether oxygens (including phenoxy) is 1. The quantitative estimate of drug-likeness (QED) is 0.747. The fourth-order valence-corrected chi connectivity index (χ4v) is 4.47. The summed E-state index contributed by atoms with van der Waals surface area (Å²) >= 11 is 1.60.